The third kappa shape index (κ3) is 1.80. The number of carbonyl (C=O) groups excluding carboxylic acids is 1. The van der Waals surface area contributed by atoms with Crippen molar-refractivity contribution < 1.29 is 4.79 Å². The zero-order valence-corrected chi connectivity index (χ0v) is 8.68. The van der Waals surface area contributed by atoms with E-state index in [1.807, 2.05) is 25.1 Å². The molecular formula is C9H9IO. The number of hydrogen-bond donors (Lipinski definition) is 0. The van der Waals surface area contributed by atoms with Crippen LogP contribution in [0.15, 0.2) is 18.2 Å². The Morgan fingerprint density at radius 2 is 2.09 bits per heavy atom. The molecule has 1 aromatic carbocycles. The lowest BCUT2D eigenvalue weighted by Gasteiger charge is -2.02. The topological polar surface area (TPSA) is 17.1 Å². The van der Waals surface area contributed by atoms with Gasteiger partial charge in [-0.2, -0.15) is 0 Å². The van der Waals surface area contributed by atoms with Crippen LogP contribution in [0.25, 0.3) is 0 Å². The summed E-state index contributed by atoms with van der Waals surface area (Å²) < 4.78 is 1.04. The summed E-state index contributed by atoms with van der Waals surface area (Å²) in [5, 5.41) is 0. The van der Waals surface area contributed by atoms with Gasteiger partial charge in [0.05, 0.1) is 0 Å². The van der Waals surface area contributed by atoms with E-state index in [0.29, 0.717) is 0 Å². The predicted molar refractivity (Wildman–Crippen MR) is 53.9 cm³/mol. The molecule has 0 aliphatic rings. The van der Waals surface area contributed by atoms with Crippen molar-refractivity contribution in [2.45, 2.75) is 13.8 Å². The van der Waals surface area contributed by atoms with Crippen LogP contribution in [-0.2, 0) is 0 Å². The predicted octanol–water partition coefficient (Wildman–Crippen LogP) is 2.80. The molecule has 0 aliphatic carbocycles. The van der Waals surface area contributed by atoms with E-state index in [0.717, 1.165) is 14.7 Å². The average molecular weight is 260 g/mol. The van der Waals surface area contributed by atoms with Crippen LogP contribution in [0.4, 0.5) is 0 Å². The van der Waals surface area contributed by atoms with E-state index in [4.69, 9.17) is 0 Å². The Labute approximate surface area is 79.9 Å². The molecule has 58 valence electrons. The highest BCUT2D eigenvalue weighted by atomic mass is 127. The van der Waals surface area contributed by atoms with Gasteiger partial charge in [-0.15, -0.1) is 0 Å². The molecular weight excluding hydrogens is 251 g/mol. The second kappa shape index (κ2) is 3.34. The van der Waals surface area contributed by atoms with E-state index in [1.54, 1.807) is 6.92 Å². The molecule has 0 aliphatic heterocycles. The Morgan fingerprint density at radius 1 is 1.45 bits per heavy atom. The van der Waals surface area contributed by atoms with Crippen LogP contribution < -0.4 is 0 Å². The molecule has 0 fully saturated rings. The molecule has 0 heterocycles. The van der Waals surface area contributed by atoms with Crippen LogP contribution in [0.3, 0.4) is 0 Å². The number of aryl methyl sites for hydroxylation is 1. The lowest BCUT2D eigenvalue weighted by atomic mass is 10.1. The molecule has 0 aromatic heterocycles. The van der Waals surface area contributed by atoms with Crippen LogP contribution in [0.1, 0.15) is 22.8 Å². The van der Waals surface area contributed by atoms with Gasteiger partial charge in [-0.25, -0.2) is 0 Å². The van der Waals surface area contributed by atoms with Crippen LogP contribution in [0, 0.1) is 10.5 Å². The summed E-state index contributed by atoms with van der Waals surface area (Å²) in [4.78, 5) is 11.1. The molecule has 0 saturated carbocycles. The molecule has 1 aromatic rings. The molecule has 2 heteroatoms. The van der Waals surface area contributed by atoms with Gasteiger partial charge in [0.1, 0.15) is 0 Å². The molecule has 0 amide bonds. The number of hydrogen-bond acceptors (Lipinski definition) is 1. The van der Waals surface area contributed by atoms with Crippen molar-refractivity contribution in [2.24, 2.45) is 0 Å². The third-order valence-electron chi connectivity index (χ3n) is 1.57. The quantitative estimate of drug-likeness (QED) is 0.560. The van der Waals surface area contributed by atoms with E-state index < -0.39 is 0 Å². The molecule has 0 saturated heterocycles. The molecule has 0 unspecified atom stereocenters. The Hall–Kier alpha value is -0.380. The van der Waals surface area contributed by atoms with Crippen molar-refractivity contribution in [2.75, 3.05) is 0 Å². The minimum atomic E-state index is 0.146. The standard InChI is InChI=1S/C9H9IO/c1-6-4-3-5-8(10)9(6)7(2)11/h3-5H,1-2H3. The first kappa shape index (κ1) is 8.71. The lowest BCUT2D eigenvalue weighted by molar-refractivity contribution is 0.101. The normalized spacial score (nSPS) is 9.73. The maximum atomic E-state index is 11.1. The minimum absolute atomic E-state index is 0.146. The van der Waals surface area contributed by atoms with Crippen molar-refractivity contribution in [1.29, 1.82) is 0 Å². The molecule has 0 spiro atoms. The van der Waals surface area contributed by atoms with Gasteiger partial charge in [0, 0.05) is 9.13 Å². The second-order valence-electron chi connectivity index (χ2n) is 2.49. The van der Waals surface area contributed by atoms with Crippen LogP contribution in [-0.4, -0.2) is 5.78 Å². The molecule has 0 radical (unpaired) electrons. The fourth-order valence-electron chi connectivity index (χ4n) is 1.08. The van der Waals surface area contributed by atoms with Crippen molar-refractivity contribution in [3.8, 4) is 0 Å². The first-order valence-corrected chi connectivity index (χ1v) is 4.47. The van der Waals surface area contributed by atoms with Crippen molar-refractivity contribution >= 4 is 28.4 Å². The highest BCUT2D eigenvalue weighted by molar-refractivity contribution is 14.1. The fraction of sp³-hybridized carbons (Fsp3) is 0.222. The summed E-state index contributed by atoms with van der Waals surface area (Å²) in [5.74, 6) is 0.146. The number of carbonyl (C=O) groups is 1. The van der Waals surface area contributed by atoms with Gasteiger partial charge < -0.3 is 0 Å². The van der Waals surface area contributed by atoms with Gasteiger partial charge >= 0.3 is 0 Å². The number of halogens is 1. The molecule has 0 N–H and O–H groups in total. The van der Waals surface area contributed by atoms with Gasteiger partial charge in [-0.3, -0.25) is 4.79 Å². The van der Waals surface area contributed by atoms with E-state index in [1.165, 1.54) is 0 Å². The summed E-state index contributed by atoms with van der Waals surface area (Å²) in [7, 11) is 0. The number of Topliss-reactive ketones (excluding diaryl/α,β-unsaturated/α-hetero) is 1. The Kier molecular flexibility index (Phi) is 2.65. The molecule has 11 heavy (non-hydrogen) atoms. The van der Waals surface area contributed by atoms with Crippen LogP contribution in [0.2, 0.25) is 0 Å². The van der Waals surface area contributed by atoms with E-state index in [9.17, 15) is 4.79 Å². The van der Waals surface area contributed by atoms with Gasteiger partial charge in [-0.1, -0.05) is 12.1 Å². The van der Waals surface area contributed by atoms with Gasteiger partial charge in [0.2, 0.25) is 0 Å². The molecule has 0 bridgehead atoms. The Morgan fingerprint density at radius 3 is 2.45 bits per heavy atom. The SMILES string of the molecule is CC(=O)c1c(C)cccc1I. The largest absolute Gasteiger partial charge is 0.294 e. The average Bonchev–Trinajstić information content (AvgIpc) is 1.85. The highest BCUT2D eigenvalue weighted by Crippen LogP contribution is 2.16. The zero-order valence-electron chi connectivity index (χ0n) is 6.52. The Bertz CT molecular complexity index is 271. The maximum Gasteiger partial charge on any atom is 0.161 e. The summed E-state index contributed by atoms with van der Waals surface area (Å²) >= 11 is 2.18. The summed E-state index contributed by atoms with van der Waals surface area (Å²) in [6.45, 7) is 3.56. The smallest absolute Gasteiger partial charge is 0.161 e. The van der Waals surface area contributed by atoms with E-state index in [2.05, 4.69) is 22.6 Å². The highest BCUT2D eigenvalue weighted by Gasteiger charge is 2.06. The van der Waals surface area contributed by atoms with Crippen molar-refractivity contribution in [3.05, 3.63) is 32.9 Å². The van der Waals surface area contributed by atoms with Crippen LogP contribution in [0.5, 0.6) is 0 Å². The fourth-order valence-corrected chi connectivity index (χ4v) is 2.09. The number of benzene rings is 1. The van der Waals surface area contributed by atoms with Crippen LogP contribution >= 0.6 is 22.6 Å². The number of ketones is 1. The first-order chi connectivity index (χ1) is 5.13. The monoisotopic (exact) mass is 260 g/mol. The van der Waals surface area contributed by atoms with E-state index in [-0.39, 0.29) is 5.78 Å². The second-order valence-corrected chi connectivity index (χ2v) is 3.65. The summed E-state index contributed by atoms with van der Waals surface area (Å²) in [5.41, 5.74) is 1.91. The summed E-state index contributed by atoms with van der Waals surface area (Å²) in [6, 6.07) is 5.87. The van der Waals surface area contributed by atoms with Crippen molar-refractivity contribution in [3.63, 3.8) is 0 Å². The first-order valence-electron chi connectivity index (χ1n) is 3.39. The lowest BCUT2D eigenvalue weighted by Crippen LogP contribution is -1.98. The zero-order chi connectivity index (χ0) is 8.43. The van der Waals surface area contributed by atoms with Gasteiger partial charge in [-0.05, 0) is 48.1 Å². The van der Waals surface area contributed by atoms with E-state index >= 15 is 0 Å². The Balaban J connectivity index is 3.32. The molecule has 1 rings (SSSR count). The molecule has 1 nitrogen and oxygen atoms in total. The minimum Gasteiger partial charge on any atom is -0.294 e. The summed E-state index contributed by atoms with van der Waals surface area (Å²) in [6.07, 6.45) is 0. The third-order valence-corrected chi connectivity index (χ3v) is 2.47. The van der Waals surface area contributed by atoms with Crippen molar-refractivity contribution in [1.82, 2.24) is 0 Å². The van der Waals surface area contributed by atoms with Gasteiger partial charge in [0.15, 0.2) is 5.78 Å². The van der Waals surface area contributed by atoms with Gasteiger partial charge in [0.25, 0.3) is 0 Å². The maximum absolute atomic E-state index is 11.1. The number of rotatable bonds is 1. The molecule has 0 atom stereocenters.